The molecule has 2 heterocycles. The van der Waals surface area contributed by atoms with Crippen LogP contribution in [0.4, 0.5) is 0 Å². The van der Waals surface area contributed by atoms with E-state index in [1.807, 2.05) is 0 Å². The molecule has 0 bridgehead atoms. The molecule has 1 unspecified atom stereocenters. The van der Waals surface area contributed by atoms with E-state index in [1.165, 1.54) is 41.3 Å². The highest BCUT2D eigenvalue weighted by Crippen LogP contribution is 2.47. The standard InChI is InChI=1S/C18H22NO3.BrH/c1-20-14-9-12-10-19-8-7-11-5-4-6-13(16(11)19)15(12)18(22-3)17(14)21-2;/h9-11H,4-8H2,1-3H3;1H/q+1;/p-1. The third-order valence-electron chi connectivity index (χ3n) is 5.16. The van der Waals surface area contributed by atoms with Crippen LogP contribution in [0, 0.1) is 0 Å². The first kappa shape index (κ1) is 16.4. The first-order valence-corrected chi connectivity index (χ1v) is 7.96. The minimum absolute atomic E-state index is 0. The second-order valence-electron chi connectivity index (χ2n) is 6.17. The predicted molar refractivity (Wildman–Crippen MR) is 84.1 cm³/mol. The number of pyridine rings is 1. The van der Waals surface area contributed by atoms with Crippen molar-refractivity contribution in [3.05, 3.63) is 23.5 Å². The number of rotatable bonds is 3. The van der Waals surface area contributed by atoms with E-state index in [4.69, 9.17) is 14.2 Å². The maximum atomic E-state index is 5.74. The Kier molecular flexibility index (Phi) is 4.41. The Morgan fingerprint density at radius 1 is 1.04 bits per heavy atom. The molecule has 0 N–H and O–H groups in total. The van der Waals surface area contributed by atoms with E-state index in [-0.39, 0.29) is 17.0 Å². The van der Waals surface area contributed by atoms with E-state index < -0.39 is 0 Å². The number of nitrogens with zero attached hydrogens (tertiary/aromatic N) is 1. The molecule has 1 aromatic carbocycles. The molecule has 2 aromatic rings. The van der Waals surface area contributed by atoms with Gasteiger partial charge in [0.2, 0.25) is 5.75 Å². The minimum atomic E-state index is 0. The molecular weight excluding hydrogens is 358 g/mol. The second-order valence-corrected chi connectivity index (χ2v) is 6.17. The number of methoxy groups -OCH3 is 3. The van der Waals surface area contributed by atoms with Gasteiger partial charge in [-0.1, -0.05) is 0 Å². The predicted octanol–water partition coefficient (Wildman–Crippen LogP) is -0.0193. The molecule has 1 aliphatic carbocycles. The SMILES string of the molecule is COc1cc2c[n+]3c4c(c2c(OC)c1OC)CCCC4CC3.[Br-]. The van der Waals surface area contributed by atoms with Gasteiger partial charge in [-0.3, -0.25) is 0 Å². The Morgan fingerprint density at radius 2 is 1.83 bits per heavy atom. The molecule has 4 nitrogen and oxygen atoms in total. The lowest BCUT2D eigenvalue weighted by atomic mass is 9.84. The van der Waals surface area contributed by atoms with E-state index in [0.29, 0.717) is 11.7 Å². The van der Waals surface area contributed by atoms with Gasteiger partial charge in [-0.05, 0) is 25.3 Å². The number of aromatic nitrogens is 1. The summed E-state index contributed by atoms with van der Waals surface area (Å²) in [6.45, 7) is 1.12. The van der Waals surface area contributed by atoms with Gasteiger partial charge in [0, 0.05) is 17.4 Å². The fraction of sp³-hybridized carbons (Fsp3) is 0.500. The molecule has 0 saturated heterocycles. The van der Waals surface area contributed by atoms with E-state index >= 15 is 0 Å². The van der Waals surface area contributed by atoms with Gasteiger partial charge in [-0.25, -0.2) is 4.57 Å². The van der Waals surface area contributed by atoms with Gasteiger partial charge < -0.3 is 31.2 Å². The normalized spacial score (nSPS) is 18.3. The lowest BCUT2D eigenvalue weighted by molar-refractivity contribution is -0.690. The molecule has 0 amide bonds. The van der Waals surface area contributed by atoms with E-state index in [1.54, 1.807) is 21.3 Å². The summed E-state index contributed by atoms with van der Waals surface area (Å²) in [5, 5.41) is 2.38. The van der Waals surface area contributed by atoms with Crippen LogP contribution < -0.4 is 35.8 Å². The van der Waals surface area contributed by atoms with Crippen LogP contribution in [0.1, 0.15) is 36.4 Å². The van der Waals surface area contributed by atoms with Crippen molar-refractivity contribution in [1.82, 2.24) is 0 Å². The van der Waals surface area contributed by atoms with Crippen LogP contribution in [-0.4, -0.2) is 21.3 Å². The fourth-order valence-electron chi connectivity index (χ4n) is 4.28. The number of hydrogen-bond donors (Lipinski definition) is 0. The van der Waals surface area contributed by atoms with Crippen LogP contribution in [0.2, 0.25) is 0 Å². The number of benzene rings is 1. The van der Waals surface area contributed by atoms with Crippen LogP contribution >= 0.6 is 0 Å². The average molecular weight is 380 g/mol. The summed E-state index contributed by atoms with van der Waals surface area (Å²) < 4.78 is 19.3. The summed E-state index contributed by atoms with van der Waals surface area (Å²) in [4.78, 5) is 0. The third-order valence-corrected chi connectivity index (χ3v) is 5.16. The summed E-state index contributed by atoms with van der Waals surface area (Å²) in [6.07, 6.45) is 7.21. The number of aryl methyl sites for hydroxylation is 2. The zero-order valence-corrected chi connectivity index (χ0v) is 15.4. The van der Waals surface area contributed by atoms with Crippen LogP contribution in [-0.2, 0) is 13.0 Å². The highest BCUT2D eigenvalue weighted by molar-refractivity contribution is 5.95. The average Bonchev–Trinajstić information content (AvgIpc) is 2.97. The number of fused-ring (bicyclic) bond motifs is 2. The van der Waals surface area contributed by atoms with Crippen molar-refractivity contribution in [1.29, 1.82) is 0 Å². The zero-order chi connectivity index (χ0) is 15.3. The first-order valence-electron chi connectivity index (χ1n) is 7.96. The fourth-order valence-corrected chi connectivity index (χ4v) is 4.28. The van der Waals surface area contributed by atoms with Gasteiger partial charge in [-0.2, -0.15) is 0 Å². The Bertz CT molecular complexity index is 749. The third kappa shape index (κ3) is 2.28. The summed E-state index contributed by atoms with van der Waals surface area (Å²) in [6, 6.07) is 2.07. The summed E-state index contributed by atoms with van der Waals surface area (Å²) in [5.41, 5.74) is 2.97. The maximum absolute atomic E-state index is 5.74. The van der Waals surface area contributed by atoms with Crippen LogP contribution in [0.5, 0.6) is 17.2 Å². The molecule has 0 spiro atoms. The summed E-state index contributed by atoms with van der Waals surface area (Å²) >= 11 is 0. The quantitative estimate of drug-likeness (QED) is 0.702. The molecule has 5 heteroatoms. The topological polar surface area (TPSA) is 31.6 Å². The molecule has 1 atom stereocenters. The largest absolute Gasteiger partial charge is 1.00 e. The number of ether oxygens (including phenoxy) is 3. The first-order chi connectivity index (χ1) is 10.8. The Balaban J connectivity index is 0.00000156. The minimum Gasteiger partial charge on any atom is -1.00 e. The summed E-state index contributed by atoms with van der Waals surface area (Å²) in [5.74, 6) is 2.94. The molecule has 1 aromatic heterocycles. The number of hydrogen-bond acceptors (Lipinski definition) is 3. The van der Waals surface area contributed by atoms with Gasteiger partial charge in [0.15, 0.2) is 23.4 Å². The van der Waals surface area contributed by atoms with Gasteiger partial charge in [0.05, 0.1) is 32.6 Å². The van der Waals surface area contributed by atoms with Crippen molar-refractivity contribution < 1.29 is 35.8 Å². The molecule has 0 saturated carbocycles. The van der Waals surface area contributed by atoms with Crippen molar-refractivity contribution in [2.24, 2.45) is 0 Å². The molecule has 0 fully saturated rings. The zero-order valence-electron chi connectivity index (χ0n) is 13.8. The highest BCUT2D eigenvalue weighted by atomic mass is 79.9. The van der Waals surface area contributed by atoms with E-state index in [0.717, 1.165) is 24.5 Å². The molecule has 1 aliphatic heterocycles. The van der Waals surface area contributed by atoms with Crippen molar-refractivity contribution in [2.75, 3.05) is 21.3 Å². The lowest BCUT2D eigenvalue weighted by Crippen LogP contribution is -3.00. The monoisotopic (exact) mass is 379 g/mol. The summed E-state index contributed by atoms with van der Waals surface area (Å²) in [7, 11) is 5.05. The molecule has 2 aliphatic rings. The van der Waals surface area contributed by atoms with E-state index in [2.05, 4.69) is 16.8 Å². The van der Waals surface area contributed by atoms with E-state index in [9.17, 15) is 0 Å². The van der Waals surface area contributed by atoms with Crippen molar-refractivity contribution in [3.8, 4) is 17.2 Å². The van der Waals surface area contributed by atoms with Gasteiger partial charge >= 0.3 is 0 Å². The maximum Gasteiger partial charge on any atom is 0.203 e. The molecule has 0 radical (unpaired) electrons. The molecule has 4 rings (SSSR count). The lowest BCUT2D eigenvalue weighted by Gasteiger charge is -2.21. The smallest absolute Gasteiger partial charge is 0.203 e. The van der Waals surface area contributed by atoms with Gasteiger partial charge in [0.1, 0.15) is 6.54 Å². The number of halogens is 1. The van der Waals surface area contributed by atoms with Crippen LogP contribution in [0.15, 0.2) is 12.3 Å². The Morgan fingerprint density at radius 3 is 2.52 bits per heavy atom. The molecular formula is C18H22BrNO3. The Hall–Kier alpha value is -1.49. The Labute approximate surface area is 147 Å². The van der Waals surface area contributed by atoms with Gasteiger partial charge in [-0.15, -0.1) is 0 Å². The highest BCUT2D eigenvalue weighted by Gasteiger charge is 2.38. The molecule has 124 valence electrons. The van der Waals surface area contributed by atoms with Gasteiger partial charge in [0.25, 0.3) is 0 Å². The second kappa shape index (κ2) is 6.19. The van der Waals surface area contributed by atoms with Crippen LogP contribution in [0.3, 0.4) is 0 Å². The van der Waals surface area contributed by atoms with Crippen LogP contribution in [0.25, 0.3) is 10.8 Å². The van der Waals surface area contributed by atoms with Crippen molar-refractivity contribution in [2.45, 2.75) is 38.1 Å². The molecule has 23 heavy (non-hydrogen) atoms. The van der Waals surface area contributed by atoms with Crippen molar-refractivity contribution in [3.63, 3.8) is 0 Å². The van der Waals surface area contributed by atoms with Crippen molar-refractivity contribution >= 4 is 10.8 Å².